The molecule has 0 aliphatic carbocycles. The Kier molecular flexibility index (Phi) is 17.9. The summed E-state index contributed by atoms with van der Waals surface area (Å²) < 4.78 is 0. The van der Waals surface area contributed by atoms with E-state index in [4.69, 9.17) is 6.42 Å². The smallest absolute Gasteiger partial charge is 0.0227 e. The van der Waals surface area contributed by atoms with Gasteiger partial charge in [0.15, 0.2) is 0 Å². The number of hydrogen-bond donors (Lipinski definition) is 0. The van der Waals surface area contributed by atoms with Gasteiger partial charge >= 0.3 is 0 Å². The van der Waals surface area contributed by atoms with Gasteiger partial charge in [0.05, 0.1) is 0 Å². The first kappa shape index (κ1) is 28.9. The van der Waals surface area contributed by atoms with Gasteiger partial charge in [0.25, 0.3) is 0 Å². The fourth-order valence-electron chi connectivity index (χ4n) is 2.46. The van der Waals surface area contributed by atoms with Crippen LogP contribution in [0.4, 0.5) is 0 Å². The first-order valence-corrected chi connectivity index (χ1v) is 12.2. The molecule has 3 heteroatoms. The van der Waals surface area contributed by atoms with Crippen LogP contribution >= 0.6 is 15.8 Å². The number of rotatable bonds is 7. The molecule has 0 N–H and O–H groups in total. The van der Waals surface area contributed by atoms with Crippen molar-refractivity contribution in [3.05, 3.63) is 0 Å². The Bertz CT molecular complexity index is 273. The molecule has 0 saturated carbocycles. The maximum absolute atomic E-state index is 5.06. The summed E-state index contributed by atoms with van der Waals surface area (Å²) in [7, 11) is 0.511. The fraction of sp³-hybridized carbons (Fsp3) is 0.900. The van der Waals surface area contributed by atoms with E-state index in [0.717, 1.165) is 22.6 Å². The molecule has 0 atom stereocenters. The van der Waals surface area contributed by atoms with Gasteiger partial charge in [-0.3, -0.25) is 0 Å². The van der Waals surface area contributed by atoms with E-state index in [9.17, 15) is 0 Å². The van der Waals surface area contributed by atoms with Gasteiger partial charge in [0, 0.05) is 25.8 Å². The van der Waals surface area contributed by atoms with Gasteiger partial charge in [-0.2, -0.15) is 0 Å². The third-order valence-corrected chi connectivity index (χ3v) is 10.8. The molecular weight excluding hydrogens is 409 g/mol. The summed E-state index contributed by atoms with van der Waals surface area (Å²) in [6.45, 7) is 25.3. The normalized spacial score (nSPS) is 11.8. The maximum atomic E-state index is 5.06. The van der Waals surface area contributed by atoms with Crippen LogP contribution < -0.4 is 0 Å². The molecule has 0 unspecified atom stereocenters. The molecule has 0 aliphatic heterocycles. The predicted molar refractivity (Wildman–Crippen MR) is 112 cm³/mol. The topological polar surface area (TPSA) is 0 Å². The van der Waals surface area contributed by atoms with Gasteiger partial charge in [-0.1, -0.05) is 55.4 Å². The maximum Gasteiger partial charge on any atom is 0.0227 e. The Morgan fingerprint density at radius 2 is 0.870 bits per heavy atom. The van der Waals surface area contributed by atoms with E-state index in [1.807, 2.05) is 20.8 Å². The standard InChI is InChI=1S/C14H32P2.C6H10.Pd/c1-11(2)15(12(3)4)9-10-16(13(5)6)14(7)8;1-5-6(2,3)4;/h11-14H,9-10H2,1-8H3;1H,2-4H3;. The van der Waals surface area contributed by atoms with Crippen molar-refractivity contribution in [3.63, 3.8) is 0 Å². The van der Waals surface area contributed by atoms with Crippen molar-refractivity contribution in [2.45, 2.75) is 98.8 Å². The largest absolute Gasteiger partial charge is 0.120 e. The molecule has 0 aliphatic rings. The third kappa shape index (κ3) is 16.3. The zero-order valence-electron chi connectivity index (χ0n) is 17.5. The number of terminal acetylenes is 1. The molecule has 0 bridgehead atoms. The minimum absolute atomic E-state index is 0. The number of hydrogen-bond acceptors (Lipinski definition) is 0. The second kappa shape index (κ2) is 14.3. The molecule has 142 valence electrons. The van der Waals surface area contributed by atoms with E-state index in [1.54, 1.807) is 0 Å². The molecule has 0 aromatic carbocycles. The van der Waals surface area contributed by atoms with Crippen molar-refractivity contribution in [3.8, 4) is 12.3 Å². The van der Waals surface area contributed by atoms with E-state index in [-0.39, 0.29) is 41.7 Å². The second-order valence-electron chi connectivity index (χ2n) is 8.24. The van der Waals surface area contributed by atoms with Crippen molar-refractivity contribution in [1.29, 1.82) is 0 Å². The van der Waals surface area contributed by atoms with Gasteiger partial charge in [-0.25, -0.2) is 0 Å². The molecule has 0 spiro atoms. The Labute approximate surface area is 164 Å². The van der Waals surface area contributed by atoms with Crippen LogP contribution in [-0.4, -0.2) is 35.0 Å². The Balaban J connectivity index is -0.000000487. The van der Waals surface area contributed by atoms with Crippen molar-refractivity contribution in [2.24, 2.45) is 5.41 Å². The summed E-state index contributed by atoms with van der Waals surface area (Å²) in [5.41, 5.74) is 3.70. The Hall–Kier alpha value is 1.08. The summed E-state index contributed by atoms with van der Waals surface area (Å²) in [5.74, 6) is 2.60. The quantitative estimate of drug-likeness (QED) is 0.218. The van der Waals surface area contributed by atoms with Crippen LogP contribution in [0.2, 0.25) is 0 Å². The van der Waals surface area contributed by atoms with Crippen LogP contribution in [0.25, 0.3) is 0 Å². The molecule has 23 heavy (non-hydrogen) atoms. The van der Waals surface area contributed by atoms with E-state index in [1.165, 1.54) is 12.3 Å². The van der Waals surface area contributed by atoms with Crippen molar-refractivity contribution < 1.29 is 20.4 Å². The van der Waals surface area contributed by atoms with Crippen LogP contribution in [0.15, 0.2) is 0 Å². The second-order valence-corrected chi connectivity index (χ2v) is 15.3. The van der Waals surface area contributed by atoms with Crippen LogP contribution in [0.5, 0.6) is 0 Å². The van der Waals surface area contributed by atoms with E-state index in [0.29, 0.717) is 0 Å². The summed E-state index contributed by atoms with van der Waals surface area (Å²) >= 11 is 0. The molecule has 0 aromatic rings. The molecule has 0 radical (unpaired) electrons. The molecule has 0 fully saturated rings. The summed E-state index contributed by atoms with van der Waals surface area (Å²) in [5, 5.41) is 0. The summed E-state index contributed by atoms with van der Waals surface area (Å²) in [6, 6.07) is 0. The van der Waals surface area contributed by atoms with E-state index >= 15 is 0 Å². The molecular formula is C20H42P2Pd. The van der Waals surface area contributed by atoms with Crippen LogP contribution in [-0.2, 0) is 20.4 Å². The summed E-state index contributed by atoms with van der Waals surface area (Å²) in [6.07, 6.45) is 8.07. The molecule has 0 rings (SSSR count). The SMILES string of the molecule is C#CC(C)(C)C.CC(C)P(CCP(C(C)C)C(C)C)C(C)C.[Pd]. The van der Waals surface area contributed by atoms with Crippen LogP contribution in [0.3, 0.4) is 0 Å². The Morgan fingerprint density at radius 1 is 0.696 bits per heavy atom. The first-order valence-electron chi connectivity index (χ1n) is 8.82. The fourth-order valence-corrected chi connectivity index (χ4v) is 8.75. The van der Waals surface area contributed by atoms with Gasteiger partial charge < -0.3 is 0 Å². The van der Waals surface area contributed by atoms with Crippen molar-refractivity contribution in [2.75, 3.05) is 12.3 Å². The van der Waals surface area contributed by atoms with Crippen LogP contribution in [0.1, 0.15) is 76.2 Å². The van der Waals surface area contributed by atoms with E-state index in [2.05, 4.69) is 61.3 Å². The zero-order valence-corrected chi connectivity index (χ0v) is 20.9. The predicted octanol–water partition coefficient (Wildman–Crippen LogP) is 7.25. The van der Waals surface area contributed by atoms with Gasteiger partial charge in [0.2, 0.25) is 0 Å². The monoisotopic (exact) mass is 450 g/mol. The minimum atomic E-state index is 0. The van der Waals surface area contributed by atoms with Gasteiger partial charge in [-0.15, -0.1) is 28.2 Å². The third-order valence-electron chi connectivity index (χ3n) is 3.70. The van der Waals surface area contributed by atoms with Crippen molar-refractivity contribution >= 4 is 15.8 Å². The van der Waals surface area contributed by atoms with E-state index < -0.39 is 0 Å². The van der Waals surface area contributed by atoms with Crippen LogP contribution in [0, 0.1) is 17.8 Å². The average Bonchev–Trinajstić information content (AvgIpc) is 2.32. The molecule has 0 aromatic heterocycles. The molecule has 0 saturated heterocycles. The molecule has 0 amide bonds. The molecule has 0 nitrogen and oxygen atoms in total. The van der Waals surface area contributed by atoms with Gasteiger partial charge in [0.1, 0.15) is 0 Å². The molecule has 0 heterocycles. The Morgan fingerprint density at radius 3 is 0.957 bits per heavy atom. The first-order chi connectivity index (χ1) is 9.83. The van der Waals surface area contributed by atoms with Gasteiger partial charge in [-0.05, 0) is 55.7 Å². The summed E-state index contributed by atoms with van der Waals surface area (Å²) in [4.78, 5) is 0. The minimum Gasteiger partial charge on any atom is -0.120 e. The average molecular weight is 451 g/mol. The van der Waals surface area contributed by atoms with Crippen molar-refractivity contribution in [1.82, 2.24) is 0 Å². The zero-order chi connectivity index (χ0) is 18.1.